The van der Waals surface area contributed by atoms with Crippen LogP contribution in [0.5, 0.6) is 0 Å². The van der Waals surface area contributed by atoms with Gasteiger partial charge in [0.2, 0.25) is 0 Å². The molecule has 3 rings (SSSR count). The summed E-state index contributed by atoms with van der Waals surface area (Å²) in [7, 11) is 1.85. The Balaban J connectivity index is 2.30. The largest absolute Gasteiger partial charge is 0.317 e. The summed E-state index contributed by atoms with van der Waals surface area (Å²) in [6, 6.07) is 7.27. The highest BCUT2D eigenvalue weighted by Gasteiger charge is 2.33. The van der Waals surface area contributed by atoms with Crippen molar-refractivity contribution in [3.8, 4) is 0 Å². The predicted octanol–water partition coefficient (Wildman–Crippen LogP) is 4.24. The topological polar surface area (TPSA) is 75.3 Å². The SMILES string of the molecule is CNCC1N=C(c2ccc(Cl)cc2)c2c(sc(C)c2C)N(C(C)=N)C1=N. The molecule has 3 N–H and O–H groups in total. The number of rotatable bonds is 3. The number of benzene rings is 1. The molecule has 1 aliphatic heterocycles. The lowest BCUT2D eigenvalue weighted by atomic mass is 10.00. The number of thiophene rings is 1. The van der Waals surface area contributed by atoms with Crippen molar-refractivity contribution >= 4 is 45.3 Å². The van der Waals surface area contributed by atoms with Crippen molar-refractivity contribution in [2.24, 2.45) is 4.99 Å². The van der Waals surface area contributed by atoms with Crippen LogP contribution in [0.3, 0.4) is 0 Å². The Morgan fingerprint density at radius 3 is 2.54 bits per heavy atom. The summed E-state index contributed by atoms with van der Waals surface area (Å²) in [5.74, 6) is 0.643. The normalized spacial score (nSPS) is 17.0. The van der Waals surface area contributed by atoms with Gasteiger partial charge in [-0.3, -0.25) is 20.7 Å². The summed E-state index contributed by atoms with van der Waals surface area (Å²) in [5.41, 5.74) is 3.97. The highest BCUT2D eigenvalue weighted by Crippen LogP contribution is 2.39. The van der Waals surface area contributed by atoms with Crippen LogP contribution in [-0.2, 0) is 0 Å². The van der Waals surface area contributed by atoms with Crippen LogP contribution >= 0.6 is 22.9 Å². The van der Waals surface area contributed by atoms with Crippen molar-refractivity contribution < 1.29 is 0 Å². The van der Waals surface area contributed by atoms with Gasteiger partial charge >= 0.3 is 0 Å². The minimum absolute atomic E-state index is 0.318. The van der Waals surface area contributed by atoms with Gasteiger partial charge in [0.1, 0.15) is 22.7 Å². The Labute approximate surface area is 162 Å². The van der Waals surface area contributed by atoms with Crippen LogP contribution < -0.4 is 10.2 Å². The Kier molecular flexibility index (Phi) is 5.27. The van der Waals surface area contributed by atoms with Crippen LogP contribution in [0.1, 0.15) is 28.5 Å². The van der Waals surface area contributed by atoms with E-state index in [1.807, 2.05) is 31.3 Å². The average Bonchev–Trinajstić information content (AvgIpc) is 2.80. The zero-order chi connectivity index (χ0) is 19.0. The number of halogens is 1. The van der Waals surface area contributed by atoms with E-state index in [0.29, 0.717) is 23.2 Å². The molecule has 1 aromatic heterocycles. The second kappa shape index (κ2) is 7.31. The highest BCUT2D eigenvalue weighted by atomic mass is 35.5. The Bertz CT molecular complexity index is 897. The molecule has 0 spiro atoms. The van der Waals surface area contributed by atoms with Gasteiger partial charge < -0.3 is 5.32 Å². The first-order valence-electron chi connectivity index (χ1n) is 8.37. The fourth-order valence-electron chi connectivity index (χ4n) is 3.08. The van der Waals surface area contributed by atoms with Crippen LogP contribution in [0.15, 0.2) is 29.3 Å². The minimum atomic E-state index is -0.370. The molecule has 136 valence electrons. The number of likely N-dealkylation sites (N-methyl/N-ethyl adjacent to an activating group) is 1. The second-order valence-corrected chi connectivity index (χ2v) is 7.97. The first-order chi connectivity index (χ1) is 12.3. The lowest BCUT2D eigenvalue weighted by Crippen LogP contribution is -2.43. The molecule has 0 bridgehead atoms. The molecule has 26 heavy (non-hydrogen) atoms. The molecule has 1 aliphatic rings. The third-order valence-corrected chi connectivity index (χ3v) is 5.94. The quantitative estimate of drug-likeness (QED) is 0.544. The maximum absolute atomic E-state index is 8.70. The van der Waals surface area contributed by atoms with Crippen molar-refractivity contribution in [3.05, 3.63) is 50.9 Å². The molecule has 0 aliphatic carbocycles. The number of amidine groups is 2. The van der Waals surface area contributed by atoms with Crippen molar-refractivity contribution in [2.75, 3.05) is 18.5 Å². The lowest BCUT2D eigenvalue weighted by molar-refractivity contribution is 0.733. The van der Waals surface area contributed by atoms with E-state index in [1.165, 1.54) is 4.88 Å². The average molecular weight is 388 g/mol. The molecule has 0 fully saturated rings. The Morgan fingerprint density at radius 1 is 1.31 bits per heavy atom. The standard InChI is InChI=1S/C19H22ClN5S/c1-10-11(2)26-19-16(10)17(13-5-7-14(20)8-6-13)24-15(9-23-4)18(22)25(19)12(3)21/h5-8,15,21-23H,9H2,1-4H3. The Hall–Kier alpha value is -2.02. The van der Waals surface area contributed by atoms with Crippen LogP contribution in [-0.4, -0.2) is 37.0 Å². The molecule has 1 atom stereocenters. The number of nitrogens with one attached hydrogen (secondary N) is 3. The molecule has 0 radical (unpaired) electrons. The van der Waals surface area contributed by atoms with Crippen LogP contribution in [0, 0.1) is 24.7 Å². The summed E-state index contributed by atoms with van der Waals surface area (Å²) < 4.78 is 0. The van der Waals surface area contributed by atoms with Gasteiger partial charge in [-0.1, -0.05) is 23.7 Å². The Morgan fingerprint density at radius 2 is 1.96 bits per heavy atom. The fraction of sp³-hybridized carbons (Fsp3) is 0.316. The summed E-state index contributed by atoms with van der Waals surface area (Å²) in [6.45, 7) is 6.40. The fourth-order valence-corrected chi connectivity index (χ4v) is 4.43. The summed E-state index contributed by atoms with van der Waals surface area (Å²) in [4.78, 5) is 7.84. The zero-order valence-corrected chi connectivity index (χ0v) is 16.8. The molecule has 2 heterocycles. The van der Waals surface area contributed by atoms with Crippen LogP contribution in [0.2, 0.25) is 5.02 Å². The number of aliphatic imine (C=N–C) groups is 1. The van der Waals surface area contributed by atoms with Gasteiger partial charge in [-0.25, -0.2) is 0 Å². The molecule has 7 heteroatoms. The molecule has 1 aromatic carbocycles. The van der Waals surface area contributed by atoms with Crippen molar-refractivity contribution in [1.29, 1.82) is 10.8 Å². The molecular weight excluding hydrogens is 366 g/mol. The second-order valence-electron chi connectivity index (χ2n) is 6.33. The molecular formula is C19H22ClN5S. The maximum Gasteiger partial charge on any atom is 0.133 e. The first kappa shape index (κ1) is 18.8. The lowest BCUT2D eigenvalue weighted by Gasteiger charge is -2.24. The van der Waals surface area contributed by atoms with Gasteiger partial charge in [0.25, 0.3) is 0 Å². The van der Waals surface area contributed by atoms with E-state index in [1.54, 1.807) is 23.2 Å². The van der Waals surface area contributed by atoms with Gasteiger partial charge in [0, 0.05) is 27.6 Å². The van der Waals surface area contributed by atoms with E-state index in [2.05, 4.69) is 19.2 Å². The van der Waals surface area contributed by atoms with E-state index in [4.69, 9.17) is 27.4 Å². The molecule has 0 amide bonds. The molecule has 0 saturated heterocycles. The summed E-state index contributed by atoms with van der Waals surface area (Å²) >= 11 is 7.68. The number of fused-ring (bicyclic) bond motifs is 1. The van der Waals surface area contributed by atoms with Crippen molar-refractivity contribution in [1.82, 2.24) is 5.32 Å². The van der Waals surface area contributed by atoms with Gasteiger partial charge in [-0.05, 0) is 45.5 Å². The summed E-state index contributed by atoms with van der Waals surface area (Å²) in [6.07, 6.45) is 0. The number of hydrogen-bond donors (Lipinski definition) is 3. The minimum Gasteiger partial charge on any atom is -0.317 e. The van der Waals surface area contributed by atoms with Crippen LogP contribution in [0.4, 0.5) is 5.00 Å². The van der Waals surface area contributed by atoms with E-state index in [-0.39, 0.29) is 6.04 Å². The van der Waals surface area contributed by atoms with E-state index < -0.39 is 0 Å². The van der Waals surface area contributed by atoms with E-state index in [0.717, 1.165) is 27.4 Å². The van der Waals surface area contributed by atoms with E-state index in [9.17, 15) is 0 Å². The molecule has 5 nitrogen and oxygen atoms in total. The third kappa shape index (κ3) is 3.20. The third-order valence-electron chi connectivity index (χ3n) is 4.50. The van der Waals surface area contributed by atoms with Gasteiger partial charge in [0.15, 0.2) is 0 Å². The van der Waals surface area contributed by atoms with Crippen LogP contribution in [0.25, 0.3) is 0 Å². The van der Waals surface area contributed by atoms with Gasteiger partial charge in [0.05, 0.1) is 5.71 Å². The first-order valence-corrected chi connectivity index (χ1v) is 9.57. The van der Waals surface area contributed by atoms with Gasteiger partial charge in [-0.2, -0.15) is 0 Å². The number of hydrogen-bond acceptors (Lipinski definition) is 5. The van der Waals surface area contributed by atoms with E-state index >= 15 is 0 Å². The zero-order valence-electron chi connectivity index (χ0n) is 15.3. The predicted molar refractivity (Wildman–Crippen MR) is 112 cm³/mol. The molecule has 2 aromatic rings. The van der Waals surface area contributed by atoms with Gasteiger partial charge in [-0.15, -0.1) is 11.3 Å². The monoisotopic (exact) mass is 387 g/mol. The number of anilines is 1. The highest BCUT2D eigenvalue weighted by molar-refractivity contribution is 7.17. The number of aryl methyl sites for hydroxylation is 1. The smallest absolute Gasteiger partial charge is 0.133 e. The molecule has 1 unspecified atom stereocenters. The molecule has 0 saturated carbocycles. The maximum atomic E-state index is 8.70. The van der Waals surface area contributed by atoms with Crippen molar-refractivity contribution in [2.45, 2.75) is 26.8 Å². The number of nitrogens with zero attached hydrogens (tertiary/aromatic N) is 2. The van der Waals surface area contributed by atoms with Crippen molar-refractivity contribution in [3.63, 3.8) is 0 Å². The summed E-state index contributed by atoms with van der Waals surface area (Å²) in [5, 5.41) is 21.6.